The van der Waals surface area contributed by atoms with Crippen molar-refractivity contribution in [3.63, 3.8) is 0 Å². The Morgan fingerprint density at radius 2 is 1.61 bits per heavy atom. The molecule has 10 nitrogen and oxygen atoms in total. The van der Waals surface area contributed by atoms with Crippen molar-refractivity contribution in [2.45, 2.75) is 38.1 Å². The molecule has 2 fully saturated rings. The Kier molecular flexibility index (Phi) is 9.77. The molecule has 2 saturated heterocycles. The standard InChI is InChI=1S/C21H32N2O4.CH4O4S/c1-23-10-6-5-9-17(23)15(8-7-11-23)14-22-21(24)16-12-18(25-2)20(27-4)19(13-16)26-3;1-5-6(2,3)4/h12-13,15,17H,5-11,14H2,1-4H3;1H3,(H,2,3,4). The van der Waals surface area contributed by atoms with Crippen molar-refractivity contribution in [2.75, 3.05) is 55.1 Å². The molecule has 1 amide bonds. The Labute approximate surface area is 196 Å². The molecule has 33 heavy (non-hydrogen) atoms. The summed E-state index contributed by atoms with van der Waals surface area (Å²) < 4.78 is 48.3. The molecule has 0 bridgehead atoms. The average molecular weight is 489 g/mol. The number of amides is 1. The summed E-state index contributed by atoms with van der Waals surface area (Å²) in [4.78, 5) is 12.8. The first-order chi connectivity index (χ1) is 15.6. The Balaban J connectivity index is 0.000000569. The Hall–Kier alpha value is -2.08. The minimum absolute atomic E-state index is 0.0927. The molecular formula is C22H36N2O8S. The molecule has 0 spiro atoms. The maximum absolute atomic E-state index is 12.8. The minimum atomic E-state index is -4.41. The van der Waals surface area contributed by atoms with E-state index < -0.39 is 10.4 Å². The number of nitrogens with one attached hydrogen (secondary N) is 1. The molecule has 2 heterocycles. The van der Waals surface area contributed by atoms with E-state index in [1.54, 1.807) is 33.5 Å². The van der Waals surface area contributed by atoms with Crippen molar-refractivity contribution in [1.29, 1.82) is 0 Å². The lowest BCUT2D eigenvalue weighted by atomic mass is 9.81. The van der Waals surface area contributed by atoms with E-state index in [4.69, 9.17) is 14.2 Å². The third-order valence-electron chi connectivity index (χ3n) is 6.66. The quantitative estimate of drug-likeness (QED) is 0.351. The second kappa shape index (κ2) is 11.9. The van der Waals surface area contributed by atoms with Crippen LogP contribution in [0.2, 0.25) is 0 Å². The fraction of sp³-hybridized carbons (Fsp3) is 0.682. The molecule has 1 aromatic rings. The van der Waals surface area contributed by atoms with E-state index in [9.17, 15) is 17.8 Å². The normalized spacial score (nSPS) is 24.5. The highest BCUT2D eigenvalue weighted by molar-refractivity contribution is 7.80. The minimum Gasteiger partial charge on any atom is -0.726 e. The van der Waals surface area contributed by atoms with Crippen molar-refractivity contribution in [3.8, 4) is 17.2 Å². The first kappa shape index (κ1) is 27.2. The van der Waals surface area contributed by atoms with Crippen molar-refractivity contribution < 1.29 is 40.6 Å². The first-order valence-electron chi connectivity index (χ1n) is 11.0. The summed E-state index contributed by atoms with van der Waals surface area (Å²) in [7, 11) is 3.47. The van der Waals surface area contributed by atoms with Gasteiger partial charge in [-0.1, -0.05) is 0 Å². The second-order valence-electron chi connectivity index (χ2n) is 8.59. The first-order valence-corrected chi connectivity index (χ1v) is 12.4. The van der Waals surface area contributed by atoms with Gasteiger partial charge in [0.2, 0.25) is 16.1 Å². The van der Waals surface area contributed by atoms with Gasteiger partial charge in [0.25, 0.3) is 5.91 Å². The number of piperidine rings is 2. The molecule has 2 aliphatic heterocycles. The summed E-state index contributed by atoms with van der Waals surface area (Å²) >= 11 is 0. The van der Waals surface area contributed by atoms with Gasteiger partial charge in [0, 0.05) is 18.0 Å². The van der Waals surface area contributed by atoms with Crippen LogP contribution in [0.25, 0.3) is 0 Å². The van der Waals surface area contributed by atoms with Gasteiger partial charge in [0.15, 0.2) is 11.5 Å². The van der Waals surface area contributed by atoms with Gasteiger partial charge in [0.05, 0.1) is 54.6 Å². The van der Waals surface area contributed by atoms with Crippen LogP contribution in [-0.2, 0) is 14.6 Å². The fourth-order valence-electron chi connectivity index (χ4n) is 5.01. The molecule has 3 unspecified atom stereocenters. The number of quaternary nitrogens is 1. The number of benzene rings is 1. The fourth-order valence-corrected chi connectivity index (χ4v) is 5.01. The third-order valence-corrected chi connectivity index (χ3v) is 7.07. The Bertz CT molecular complexity index is 879. The highest BCUT2D eigenvalue weighted by atomic mass is 32.3. The van der Waals surface area contributed by atoms with Gasteiger partial charge in [-0.05, 0) is 44.2 Å². The van der Waals surface area contributed by atoms with Crippen molar-refractivity contribution in [3.05, 3.63) is 17.7 Å². The lowest BCUT2D eigenvalue weighted by Crippen LogP contribution is -2.62. The molecule has 0 aliphatic carbocycles. The number of nitrogens with zero attached hydrogens (tertiary/aromatic N) is 1. The zero-order valence-corrected chi connectivity index (χ0v) is 20.9. The summed E-state index contributed by atoms with van der Waals surface area (Å²) in [5.41, 5.74) is 0.529. The number of fused-ring (bicyclic) bond motifs is 1. The smallest absolute Gasteiger partial charge is 0.251 e. The lowest BCUT2D eigenvalue weighted by molar-refractivity contribution is -0.946. The molecule has 1 N–H and O–H groups in total. The molecule has 188 valence electrons. The summed E-state index contributed by atoms with van der Waals surface area (Å²) in [5.74, 6) is 1.95. The van der Waals surface area contributed by atoms with Gasteiger partial charge in [-0.2, -0.15) is 0 Å². The zero-order valence-electron chi connectivity index (χ0n) is 20.1. The average Bonchev–Trinajstić information content (AvgIpc) is 2.80. The summed E-state index contributed by atoms with van der Waals surface area (Å²) in [6, 6.07) is 4.09. The SMILES string of the molecule is COS(=O)(=O)[O-].COc1cc(C(=O)NCC2CCC[N+]3(C)CCCCC23)cc(OC)c1OC. The number of hydrogen-bond donors (Lipinski definition) is 1. The van der Waals surface area contributed by atoms with Crippen LogP contribution in [-0.4, -0.2) is 84.5 Å². The highest BCUT2D eigenvalue weighted by Gasteiger charge is 2.43. The number of rotatable bonds is 7. The van der Waals surface area contributed by atoms with E-state index in [1.165, 1.54) is 49.7 Å². The molecule has 3 atom stereocenters. The van der Waals surface area contributed by atoms with E-state index >= 15 is 0 Å². The van der Waals surface area contributed by atoms with Crippen LogP contribution in [0.4, 0.5) is 0 Å². The van der Waals surface area contributed by atoms with Gasteiger partial charge >= 0.3 is 0 Å². The van der Waals surface area contributed by atoms with Crippen LogP contribution in [0.5, 0.6) is 17.2 Å². The molecular weight excluding hydrogens is 452 g/mol. The van der Waals surface area contributed by atoms with E-state index in [0.29, 0.717) is 34.8 Å². The van der Waals surface area contributed by atoms with E-state index in [2.05, 4.69) is 16.5 Å². The van der Waals surface area contributed by atoms with E-state index in [0.717, 1.165) is 13.7 Å². The summed E-state index contributed by atoms with van der Waals surface area (Å²) in [6.45, 7) is 3.29. The van der Waals surface area contributed by atoms with Crippen LogP contribution in [0, 0.1) is 5.92 Å². The Morgan fingerprint density at radius 3 is 2.12 bits per heavy atom. The maximum Gasteiger partial charge on any atom is 0.251 e. The van der Waals surface area contributed by atoms with Crippen LogP contribution < -0.4 is 19.5 Å². The number of methoxy groups -OCH3 is 3. The second-order valence-corrected chi connectivity index (χ2v) is 9.74. The zero-order chi connectivity index (χ0) is 24.6. The predicted molar refractivity (Wildman–Crippen MR) is 121 cm³/mol. The molecule has 1 aromatic carbocycles. The maximum atomic E-state index is 12.8. The molecule has 0 saturated carbocycles. The van der Waals surface area contributed by atoms with Gasteiger partial charge in [-0.25, -0.2) is 8.42 Å². The number of carbonyl (C=O) groups is 1. The van der Waals surface area contributed by atoms with E-state index in [-0.39, 0.29) is 5.91 Å². The van der Waals surface area contributed by atoms with Crippen molar-refractivity contribution >= 4 is 16.3 Å². The summed E-state index contributed by atoms with van der Waals surface area (Å²) in [6.07, 6.45) is 6.38. The highest BCUT2D eigenvalue weighted by Crippen LogP contribution is 2.38. The lowest BCUT2D eigenvalue weighted by Gasteiger charge is -2.51. The molecule has 0 radical (unpaired) electrons. The molecule has 11 heteroatoms. The molecule has 2 aliphatic rings. The topological polar surface area (TPSA) is 123 Å². The molecule has 3 rings (SSSR count). The van der Waals surface area contributed by atoms with Crippen LogP contribution in [0.3, 0.4) is 0 Å². The monoisotopic (exact) mass is 488 g/mol. The number of ether oxygens (including phenoxy) is 3. The van der Waals surface area contributed by atoms with Crippen LogP contribution >= 0.6 is 0 Å². The predicted octanol–water partition coefficient (Wildman–Crippen LogP) is 1.94. The van der Waals surface area contributed by atoms with Gasteiger partial charge in [-0.3, -0.25) is 8.98 Å². The van der Waals surface area contributed by atoms with Crippen molar-refractivity contribution in [1.82, 2.24) is 5.32 Å². The van der Waals surface area contributed by atoms with Crippen LogP contribution in [0.1, 0.15) is 42.5 Å². The summed E-state index contributed by atoms with van der Waals surface area (Å²) in [5, 5.41) is 3.16. The van der Waals surface area contributed by atoms with Gasteiger partial charge < -0.3 is 28.6 Å². The number of carbonyl (C=O) groups excluding carboxylic acids is 1. The van der Waals surface area contributed by atoms with Gasteiger partial charge in [0.1, 0.15) is 0 Å². The largest absolute Gasteiger partial charge is 0.726 e. The van der Waals surface area contributed by atoms with E-state index in [1.807, 2.05) is 0 Å². The third kappa shape index (κ3) is 7.20. The molecule has 0 aromatic heterocycles. The van der Waals surface area contributed by atoms with Crippen LogP contribution in [0.15, 0.2) is 12.1 Å². The van der Waals surface area contributed by atoms with Gasteiger partial charge in [-0.15, -0.1) is 0 Å². The number of hydrogen-bond acceptors (Lipinski definition) is 8. The Morgan fingerprint density at radius 1 is 1.03 bits per heavy atom. The van der Waals surface area contributed by atoms with Crippen molar-refractivity contribution in [2.24, 2.45) is 5.92 Å².